The molecule has 35 heavy (non-hydrogen) atoms. The normalized spacial score (nSPS) is 15.9. The van der Waals surface area contributed by atoms with Crippen LogP contribution in [0.1, 0.15) is 54.3 Å². The third kappa shape index (κ3) is 6.59. The van der Waals surface area contributed by atoms with Crippen LogP contribution >= 0.6 is 0 Å². The van der Waals surface area contributed by atoms with Crippen molar-refractivity contribution in [2.75, 3.05) is 20.2 Å². The molecule has 2 aromatic carbocycles. The summed E-state index contributed by atoms with van der Waals surface area (Å²) in [6.45, 7) is 6.71. The molecular weight excluding hydrogens is 449 g/mol. The van der Waals surface area contributed by atoms with Crippen molar-refractivity contribution in [2.24, 2.45) is 11.8 Å². The molecule has 2 aromatic rings. The third-order valence-electron chi connectivity index (χ3n) is 6.69. The molecule has 3 amide bonds. The molecule has 3 rings (SSSR count). The molecule has 1 fully saturated rings. The van der Waals surface area contributed by atoms with Gasteiger partial charge in [0.1, 0.15) is 17.6 Å². The van der Waals surface area contributed by atoms with E-state index >= 15 is 0 Å². The fourth-order valence-corrected chi connectivity index (χ4v) is 4.09. The molecule has 1 heterocycles. The molecule has 8 heteroatoms. The maximum absolute atomic E-state index is 14.1. The van der Waals surface area contributed by atoms with Crippen LogP contribution in [0.5, 0.6) is 5.75 Å². The molecule has 1 saturated heterocycles. The van der Waals surface area contributed by atoms with Gasteiger partial charge < -0.3 is 20.3 Å². The van der Waals surface area contributed by atoms with Gasteiger partial charge in [-0.05, 0) is 68.0 Å². The van der Waals surface area contributed by atoms with Gasteiger partial charge in [0.25, 0.3) is 11.8 Å². The molecule has 1 aliphatic heterocycles. The predicted molar refractivity (Wildman–Crippen MR) is 132 cm³/mol. The Morgan fingerprint density at radius 3 is 2.17 bits per heavy atom. The summed E-state index contributed by atoms with van der Waals surface area (Å²) in [5, 5.41) is 5.93. The topological polar surface area (TPSA) is 87.7 Å². The second kappa shape index (κ2) is 11.8. The van der Waals surface area contributed by atoms with Crippen LogP contribution in [-0.2, 0) is 4.79 Å². The van der Waals surface area contributed by atoms with Crippen molar-refractivity contribution in [3.63, 3.8) is 0 Å². The first-order valence-electron chi connectivity index (χ1n) is 12.0. The van der Waals surface area contributed by atoms with E-state index in [1.165, 1.54) is 12.1 Å². The molecule has 0 aromatic heterocycles. The van der Waals surface area contributed by atoms with Crippen LogP contribution in [0.4, 0.5) is 4.39 Å². The summed E-state index contributed by atoms with van der Waals surface area (Å²) in [6.07, 6.45) is 1.02. The van der Waals surface area contributed by atoms with Crippen LogP contribution in [0.15, 0.2) is 48.5 Å². The van der Waals surface area contributed by atoms with Gasteiger partial charge in [-0.3, -0.25) is 14.4 Å². The molecule has 7 nitrogen and oxygen atoms in total. The standard InChI is InChI=1S/C27H34FN3O4/c1-17(2)18(3)29-26(33)24(30-25(32)20-9-11-21(35-4)12-10-20)19-13-15-31(16-14-19)27(34)22-7-5-6-8-23(22)28/h5-12,17-19,24H,13-16H2,1-4H3,(H,29,33)(H,30,32)/t18-,24+/m1/s1. The molecule has 2 N–H and O–H groups in total. The molecule has 0 saturated carbocycles. The number of piperidine rings is 1. The van der Waals surface area contributed by atoms with Crippen LogP contribution in [0.3, 0.4) is 0 Å². The van der Waals surface area contributed by atoms with E-state index in [0.717, 1.165) is 0 Å². The maximum atomic E-state index is 14.1. The van der Waals surface area contributed by atoms with Crippen LogP contribution in [-0.4, -0.2) is 54.9 Å². The lowest BCUT2D eigenvalue weighted by Crippen LogP contribution is -2.55. The summed E-state index contributed by atoms with van der Waals surface area (Å²) in [4.78, 5) is 40.6. The Balaban J connectivity index is 1.72. The number of rotatable bonds is 8. The van der Waals surface area contributed by atoms with Gasteiger partial charge in [-0.2, -0.15) is 0 Å². The summed E-state index contributed by atoms with van der Waals surface area (Å²) in [6, 6.07) is 11.8. The van der Waals surface area contributed by atoms with Gasteiger partial charge >= 0.3 is 0 Å². The zero-order chi connectivity index (χ0) is 25.5. The highest BCUT2D eigenvalue weighted by Crippen LogP contribution is 2.24. The van der Waals surface area contributed by atoms with E-state index in [1.807, 2.05) is 20.8 Å². The number of carbonyl (C=O) groups is 3. The third-order valence-corrected chi connectivity index (χ3v) is 6.69. The molecule has 0 spiro atoms. The first kappa shape index (κ1) is 26.2. The molecule has 2 atom stereocenters. The summed E-state index contributed by atoms with van der Waals surface area (Å²) < 4.78 is 19.2. The number of halogens is 1. The van der Waals surface area contributed by atoms with Gasteiger partial charge in [0.05, 0.1) is 12.7 Å². The van der Waals surface area contributed by atoms with Crippen LogP contribution in [0, 0.1) is 17.7 Å². The number of methoxy groups -OCH3 is 1. The van der Waals surface area contributed by atoms with Gasteiger partial charge in [-0.1, -0.05) is 26.0 Å². The van der Waals surface area contributed by atoms with Gasteiger partial charge in [0, 0.05) is 24.7 Å². The van der Waals surface area contributed by atoms with E-state index in [-0.39, 0.29) is 41.2 Å². The summed E-state index contributed by atoms with van der Waals surface area (Å²) in [5.41, 5.74) is 0.464. The number of nitrogens with one attached hydrogen (secondary N) is 2. The van der Waals surface area contributed by atoms with Crippen molar-refractivity contribution in [3.8, 4) is 5.75 Å². The van der Waals surface area contributed by atoms with Gasteiger partial charge in [0.2, 0.25) is 5.91 Å². The molecule has 0 bridgehead atoms. The van der Waals surface area contributed by atoms with E-state index < -0.39 is 11.9 Å². The monoisotopic (exact) mass is 483 g/mol. The Kier molecular flexibility index (Phi) is 8.84. The fraction of sp³-hybridized carbons (Fsp3) is 0.444. The number of benzene rings is 2. The average Bonchev–Trinajstić information content (AvgIpc) is 2.87. The molecular formula is C27H34FN3O4. The number of nitrogens with zero attached hydrogens (tertiary/aromatic N) is 1. The Morgan fingerprint density at radius 1 is 0.971 bits per heavy atom. The van der Waals surface area contributed by atoms with E-state index in [9.17, 15) is 18.8 Å². The van der Waals surface area contributed by atoms with Crippen molar-refractivity contribution in [1.82, 2.24) is 15.5 Å². The highest BCUT2D eigenvalue weighted by molar-refractivity contribution is 5.98. The first-order chi connectivity index (χ1) is 16.7. The van der Waals surface area contributed by atoms with E-state index in [2.05, 4.69) is 10.6 Å². The first-order valence-corrected chi connectivity index (χ1v) is 12.0. The second-order valence-electron chi connectivity index (χ2n) is 9.33. The lowest BCUT2D eigenvalue weighted by atomic mass is 9.87. The number of amides is 3. The fourth-order valence-electron chi connectivity index (χ4n) is 4.09. The maximum Gasteiger partial charge on any atom is 0.256 e. The molecule has 0 radical (unpaired) electrons. The Morgan fingerprint density at radius 2 is 1.60 bits per heavy atom. The minimum Gasteiger partial charge on any atom is -0.497 e. The summed E-state index contributed by atoms with van der Waals surface area (Å²) >= 11 is 0. The highest BCUT2D eigenvalue weighted by atomic mass is 19.1. The van der Waals surface area contributed by atoms with Crippen molar-refractivity contribution in [3.05, 3.63) is 65.5 Å². The Hall–Kier alpha value is -3.42. The van der Waals surface area contributed by atoms with Crippen LogP contribution < -0.4 is 15.4 Å². The Labute approximate surface area is 206 Å². The Bertz CT molecular complexity index is 1030. The quantitative estimate of drug-likeness (QED) is 0.600. The lowest BCUT2D eigenvalue weighted by molar-refractivity contribution is -0.125. The predicted octanol–water partition coefficient (Wildman–Crippen LogP) is 3.65. The van der Waals surface area contributed by atoms with Crippen molar-refractivity contribution < 1.29 is 23.5 Å². The second-order valence-corrected chi connectivity index (χ2v) is 9.33. The van der Waals surface area contributed by atoms with Crippen molar-refractivity contribution in [1.29, 1.82) is 0 Å². The molecule has 0 unspecified atom stereocenters. The smallest absolute Gasteiger partial charge is 0.256 e. The zero-order valence-electron chi connectivity index (χ0n) is 20.7. The summed E-state index contributed by atoms with van der Waals surface area (Å²) in [7, 11) is 1.55. The SMILES string of the molecule is COc1ccc(C(=O)N[C@H](C(=O)N[C@H](C)C(C)C)C2CCN(C(=O)c3ccccc3F)CC2)cc1. The van der Waals surface area contributed by atoms with Crippen molar-refractivity contribution in [2.45, 2.75) is 45.7 Å². The number of hydrogen-bond donors (Lipinski definition) is 2. The largest absolute Gasteiger partial charge is 0.497 e. The van der Waals surface area contributed by atoms with Crippen LogP contribution in [0.2, 0.25) is 0 Å². The molecule has 188 valence electrons. The van der Waals surface area contributed by atoms with Gasteiger partial charge in [-0.25, -0.2) is 4.39 Å². The van der Waals surface area contributed by atoms with E-state index in [0.29, 0.717) is 37.2 Å². The van der Waals surface area contributed by atoms with Gasteiger partial charge in [0.15, 0.2) is 0 Å². The number of hydrogen-bond acceptors (Lipinski definition) is 4. The van der Waals surface area contributed by atoms with Gasteiger partial charge in [-0.15, -0.1) is 0 Å². The van der Waals surface area contributed by atoms with Crippen molar-refractivity contribution >= 4 is 17.7 Å². The van der Waals surface area contributed by atoms with E-state index in [1.54, 1.807) is 48.4 Å². The minimum atomic E-state index is -0.753. The number of carbonyl (C=O) groups excluding carboxylic acids is 3. The van der Waals surface area contributed by atoms with Crippen LogP contribution in [0.25, 0.3) is 0 Å². The average molecular weight is 484 g/mol. The minimum absolute atomic E-state index is 0.0406. The highest BCUT2D eigenvalue weighted by Gasteiger charge is 2.35. The lowest BCUT2D eigenvalue weighted by Gasteiger charge is -2.36. The summed E-state index contributed by atoms with van der Waals surface area (Å²) in [5.74, 6) is -0.807. The molecule has 1 aliphatic rings. The molecule has 0 aliphatic carbocycles. The zero-order valence-corrected chi connectivity index (χ0v) is 20.7. The number of likely N-dealkylation sites (tertiary alicyclic amines) is 1. The number of ether oxygens (including phenoxy) is 1. The van der Waals surface area contributed by atoms with E-state index in [4.69, 9.17) is 4.74 Å².